The largest absolute Gasteiger partial charge is 0.462 e. The van der Waals surface area contributed by atoms with Gasteiger partial charge in [0.15, 0.2) is 0 Å². The zero-order valence-electron chi connectivity index (χ0n) is 20.2. The molecule has 3 fully saturated rings. The Balaban J connectivity index is 1.79. The maximum atomic E-state index is 12.4. The number of hydrogen-bond acceptors (Lipinski definition) is 7. The highest BCUT2D eigenvalue weighted by Gasteiger charge is 2.72. The fourth-order valence-electron chi connectivity index (χ4n) is 8.21. The summed E-state index contributed by atoms with van der Waals surface area (Å²) >= 11 is 0. The molecule has 0 saturated heterocycles. The van der Waals surface area contributed by atoms with E-state index in [-0.39, 0.29) is 42.4 Å². The third-order valence-corrected chi connectivity index (χ3v) is 9.81. The third kappa shape index (κ3) is 3.84. The van der Waals surface area contributed by atoms with Crippen molar-refractivity contribution in [1.82, 2.24) is 0 Å². The number of hydrogen-bond donors (Lipinski definition) is 3. The molecule has 4 aliphatic rings. The zero-order chi connectivity index (χ0) is 24.0. The van der Waals surface area contributed by atoms with E-state index in [1.54, 1.807) is 0 Å². The number of rotatable bonds is 6. The number of cyclic esters (lactones) is 1. The van der Waals surface area contributed by atoms with E-state index in [4.69, 9.17) is 9.47 Å². The predicted molar refractivity (Wildman–Crippen MR) is 121 cm³/mol. The molecule has 0 spiro atoms. The third-order valence-electron chi connectivity index (χ3n) is 9.81. The van der Waals surface area contributed by atoms with Crippen molar-refractivity contribution < 1.29 is 34.4 Å². The molecule has 7 nitrogen and oxygen atoms in total. The molecule has 3 aliphatic carbocycles. The Morgan fingerprint density at radius 1 is 1.27 bits per heavy atom. The Morgan fingerprint density at radius 2 is 1.97 bits per heavy atom. The van der Waals surface area contributed by atoms with Crippen LogP contribution in [0.2, 0.25) is 0 Å². The highest BCUT2D eigenvalue weighted by atomic mass is 16.5. The Kier molecular flexibility index (Phi) is 6.71. The average Bonchev–Trinajstić information content (AvgIpc) is 3.44. The van der Waals surface area contributed by atoms with Gasteiger partial charge in [0.25, 0.3) is 0 Å². The molecule has 1 heterocycles. The lowest BCUT2D eigenvalue weighted by atomic mass is 9.39. The van der Waals surface area contributed by atoms with Gasteiger partial charge >= 0.3 is 11.9 Å². The molecule has 0 aromatic rings. The lowest BCUT2D eigenvalue weighted by Crippen LogP contribution is -2.74. The highest BCUT2D eigenvalue weighted by molar-refractivity contribution is 5.85. The van der Waals surface area contributed by atoms with Gasteiger partial charge in [-0.15, -0.1) is 0 Å². The normalized spacial score (nSPS) is 43.7. The lowest BCUT2D eigenvalue weighted by Gasteiger charge is -2.68. The number of fused-ring (bicyclic) bond motifs is 1. The van der Waals surface area contributed by atoms with Gasteiger partial charge in [0.05, 0.1) is 23.7 Å². The summed E-state index contributed by atoms with van der Waals surface area (Å²) in [7, 11) is 0. The van der Waals surface area contributed by atoms with E-state index < -0.39 is 23.2 Å². The molecular weight excluding hydrogens is 424 g/mol. The first-order chi connectivity index (χ1) is 15.6. The number of aliphatic hydroxyl groups excluding tert-OH is 2. The minimum absolute atomic E-state index is 0.220. The van der Waals surface area contributed by atoms with Crippen LogP contribution in [-0.4, -0.2) is 58.3 Å². The van der Waals surface area contributed by atoms with Crippen molar-refractivity contribution in [3.63, 3.8) is 0 Å². The molecule has 33 heavy (non-hydrogen) atoms. The first kappa shape index (κ1) is 24.7. The van der Waals surface area contributed by atoms with Gasteiger partial charge in [-0.05, 0) is 67.8 Å². The van der Waals surface area contributed by atoms with Gasteiger partial charge in [0.1, 0.15) is 12.7 Å². The zero-order valence-corrected chi connectivity index (χ0v) is 20.2. The van der Waals surface area contributed by atoms with Crippen LogP contribution in [0.25, 0.3) is 0 Å². The number of aliphatic hydroxyl groups is 3. The molecule has 3 N–H and O–H groups in total. The van der Waals surface area contributed by atoms with Crippen LogP contribution < -0.4 is 0 Å². The second-order valence-electron chi connectivity index (χ2n) is 11.3. The smallest absolute Gasteiger partial charge is 0.331 e. The molecule has 0 unspecified atom stereocenters. The highest BCUT2D eigenvalue weighted by Crippen LogP contribution is 2.67. The summed E-state index contributed by atoms with van der Waals surface area (Å²) in [5, 5.41) is 34.9. The average molecular weight is 465 g/mol. The Bertz CT molecular complexity index is 802. The summed E-state index contributed by atoms with van der Waals surface area (Å²) in [6.45, 7) is 5.39. The van der Waals surface area contributed by atoms with E-state index >= 15 is 0 Å². The summed E-state index contributed by atoms with van der Waals surface area (Å²) in [4.78, 5) is 23.7. The van der Waals surface area contributed by atoms with Crippen molar-refractivity contribution in [1.29, 1.82) is 0 Å². The van der Waals surface area contributed by atoms with E-state index in [1.807, 2.05) is 6.92 Å². The van der Waals surface area contributed by atoms with Crippen LogP contribution in [0, 0.1) is 28.6 Å². The molecule has 7 atom stereocenters. The van der Waals surface area contributed by atoms with Crippen LogP contribution >= 0.6 is 0 Å². The molecule has 3 saturated carbocycles. The fourth-order valence-corrected chi connectivity index (χ4v) is 8.21. The molecular formula is C26H40O7. The number of esters is 2. The van der Waals surface area contributed by atoms with Crippen LogP contribution in [0.5, 0.6) is 0 Å². The topological polar surface area (TPSA) is 113 Å². The van der Waals surface area contributed by atoms with Gasteiger partial charge in [0.2, 0.25) is 0 Å². The van der Waals surface area contributed by atoms with Gasteiger partial charge < -0.3 is 24.8 Å². The summed E-state index contributed by atoms with van der Waals surface area (Å²) in [5.41, 5.74) is -2.05. The fraction of sp³-hybridized carbons (Fsp3) is 0.846. The van der Waals surface area contributed by atoms with Gasteiger partial charge in [-0.1, -0.05) is 26.7 Å². The van der Waals surface area contributed by atoms with E-state index in [1.165, 1.54) is 13.0 Å². The minimum Gasteiger partial charge on any atom is -0.462 e. The Labute approximate surface area is 196 Å². The second kappa shape index (κ2) is 8.97. The maximum absolute atomic E-state index is 12.4. The monoisotopic (exact) mass is 464 g/mol. The Hall–Kier alpha value is -1.44. The van der Waals surface area contributed by atoms with Crippen molar-refractivity contribution in [2.75, 3.05) is 13.2 Å². The lowest BCUT2D eigenvalue weighted by molar-refractivity contribution is -0.306. The summed E-state index contributed by atoms with van der Waals surface area (Å²) in [6, 6.07) is 0. The summed E-state index contributed by atoms with van der Waals surface area (Å²) in [5.74, 6) is -1.01. The summed E-state index contributed by atoms with van der Waals surface area (Å²) in [6.07, 6.45) is 7.07. The van der Waals surface area contributed by atoms with Gasteiger partial charge in [-0.25, -0.2) is 4.79 Å². The van der Waals surface area contributed by atoms with Crippen molar-refractivity contribution in [3.05, 3.63) is 11.6 Å². The molecule has 4 rings (SSSR count). The first-order valence-corrected chi connectivity index (χ1v) is 12.6. The minimum atomic E-state index is -1.38. The van der Waals surface area contributed by atoms with Gasteiger partial charge in [-0.2, -0.15) is 0 Å². The molecule has 0 bridgehead atoms. The van der Waals surface area contributed by atoms with Crippen molar-refractivity contribution in [2.24, 2.45) is 28.6 Å². The number of carbonyl (C=O) groups is 2. The van der Waals surface area contributed by atoms with Crippen molar-refractivity contribution in [3.8, 4) is 0 Å². The van der Waals surface area contributed by atoms with E-state index in [9.17, 15) is 24.9 Å². The molecule has 1 aliphatic heterocycles. The standard InChI is InChI=1S/C26H40O7/c1-16-12-20(33-17(2)28)23-24(3,19-6-4-5-7-19)10-9-21(29)25(23,15-27)26(16,31)11-8-18-13-22(30)32-14-18/h13,16,19-21,23,27,29,31H,4-12,14-15H2,1-3H3/t16-,20-,21+,23+,24+,25+,26-/m1/s1. The second-order valence-corrected chi connectivity index (χ2v) is 11.3. The van der Waals surface area contributed by atoms with E-state index in [0.29, 0.717) is 31.6 Å². The van der Waals surface area contributed by atoms with Crippen LogP contribution in [0.1, 0.15) is 78.6 Å². The SMILES string of the molecule is CC(=O)O[C@@H]1C[C@@H](C)[C@](O)(CCC2=CC(=O)OC2)[C@]2(CO)[C@@H]1[C@](C)(C1CCCC1)CC[C@@H]2O. The van der Waals surface area contributed by atoms with Crippen LogP contribution in [-0.2, 0) is 19.1 Å². The van der Waals surface area contributed by atoms with E-state index in [2.05, 4.69) is 6.92 Å². The quantitative estimate of drug-likeness (QED) is 0.518. The van der Waals surface area contributed by atoms with Crippen LogP contribution in [0.3, 0.4) is 0 Å². The summed E-state index contributed by atoms with van der Waals surface area (Å²) < 4.78 is 10.9. The first-order valence-electron chi connectivity index (χ1n) is 12.6. The van der Waals surface area contributed by atoms with Crippen molar-refractivity contribution in [2.45, 2.75) is 96.4 Å². The Morgan fingerprint density at radius 3 is 2.55 bits per heavy atom. The maximum Gasteiger partial charge on any atom is 0.331 e. The van der Waals surface area contributed by atoms with E-state index in [0.717, 1.165) is 37.7 Å². The molecule has 7 heteroatoms. The molecule has 0 amide bonds. The molecule has 0 aromatic heterocycles. The molecule has 0 radical (unpaired) electrons. The van der Waals surface area contributed by atoms with Crippen molar-refractivity contribution >= 4 is 11.9 Å². The predicted octanol–water partition coefficient (Wildman–Crippen LogP) is 2.90. The molecule has 0 aromatic carbocycles. The number of ether oxygens (including phenoxy) is 2. The van der Waals surface area contributed by atoms with Crippen LogP contribution in [0.4, 0.5) is 0 Å². The molecule has 186 valence electrons. The van der Waals surface area contributed by atoms with Crippen LogP contribution in [0.15, 0.2) is 11.6 Å². The van der Waals surface area contributed by atoms with Gasteiger partial charge in [-0.3, -0.25) is 4.79 Å². The van der Waals surface area contributed by atoms with Gasteiger partial charge in [0, 0.05) is 18.9 Å². The number of carbonyl (C=O) groups excluding carboxylic acids is 2.